The Kier molecular flexibility index (Phi) is 7.12. The first-order chi connectivity index (χ1) is 14.5. The summed E-state index contributed by atoms with van der Waals surface area (Å²) in [6.45, 7) is 2.13. The van der Waals surface area contributed by atoms with E-state index in [0.29, 0.717) is 24.3 Å². The van der Waals surface area contributed by atoms with Crippen LogP contribution in [-0.4, -0.2) is 29.7 Å². The van der Waals surface area contributed by atoms with Crippen molar-refractivity contribution in [1.82, 2.24) is 14.9 Å². The zero-order valence-corrected chi connectivity index (χ0v) is 18.0. The van der Waals surface area contributed by atoms with Gasteiger partial charge in [-0.2, -0.15) is 0 Å². The second-order valence-corrected chi connectivity index (χ2v) is 7.21. The van der Waals surface area contributed by atoms with Crippen LogP contribution in [0.5, 0.6) is 11.5 Å². The van der Waals surface area contributed by atoms with E-state index in [9.17, 15) is 4.79 Å². The molecule has 0 aliphatic rings. The lowest BCUT2D eigenvalue weighted by atomic mass is 10.0. The molecule has 0 aliphatic carbocycles. The standard InChI is InChI=1S/C24H29N3O3/c1-5-17-6-8-18(9-7-17)10-11-22(28)26-23(24-25-12-13-27(24)2)19-14-20(29-3)16-21(15-19)30-4/h6-9,12-16,23H,5,10-11H2,1-4H3,(H,26,28). The molecular formula is C24H29N3O3. The minimum Gasteiger partial charge on any atom is -0.497 e. The van der Waals surface area contributed by atoms with Crippen molar-refractivity contribution in [2.45, 2.75) is 32.2 Å². The third kappa shape index (κ3) is 5.20. The Balaban J connectivity index is 1.79. The van der Waals surface area contributed by atoms with Crippen molar-refractivity contribution in [2.75, 3.05) is 14.2 Å². The third-order valence-electron chi connectivity index (χ3n) is 5.20. The van der Waals surface area contributed by atoms with Crippen molar-refractivity contribution in [3.05, 3.63) is 77.4 Å². The van der Waals surface area contributed by atoms with Crippen LogP contribution >= 0.6 is 0 Å². The molecular weight excluding hydrogens is 378 g/mol. The number of carbonyl (C=O) groups is 1. The van der Waals surface area contributed by atoms with Gasteiger partial charge in [0.05, 0.1) is 14.2 Å². The smallest absolute Gasteiger partial charge is 0.221 e. The third-order valence-corrected chi connectivity index (χ3v) is 5.20. The molecule has 1 atom stereocenters. The van der Waals surface area contributed by atoms with E-state index < -0.39 is 6.04 Å². The molecule has 6 heteroatoms. The van der Waals surface area contributed by atoms with Gasteiger partial charge in [0.1, 0.15) is 23.4 Å². The normalized spacial score (nSPS) is 11.7. The highest BCUT2D eigenvalue weighted by Crippen LogP contribution is 2.29. The van der Waals surface area contributed by atoms with Crippen molar-refractivity contribution in [3.63, 3.8) is 0 Å². The maximum absolute atomic E-state index is 12.8. The van der Waals surface area contributed by atoms with Gasteiger partial charge in [0.25, 0.3) is 0 Å². The highest BCUT2D eigenvalue weighted by atomic mass is 16.5. The molecule has 2 aromatic carbocycles. The van der Waals surface area contributed by atoms with E-state index in [2.05, 4.69) is 41.5 Å². The summed E-state index contributed by atoms with van der Waals surface area (Å²) >= 11 is 0. The summed E-state index contributed by atoms with van der Waals surface area (Å²) in [5.74, 6) is 2.03. The zero-order chi connectivity index (χ0) is 21.5. The van der Waals surface area contributed by atoms with Gasteiger partial charge in [-0.05, 0) is 41.7 Å². The summed E-state index contributed by atoms with van der Waals surface area (Å²) in [6.07, 6.45) is 5.68. The van der Waals surface area contributed by atoms with E-state index in [1.165, 1.54) is 5.56 Å². The average Bonchev–Trinajstić information content (AvgIpc) is 3.21. The van der Waals surface area contributed by atoms with Crippen LogP contribution in [0.2, 0.25) is 0 Å². The number of aromatic nitrogens is 2. The van der Waals surface area contributed by atoms with Gasteiger partial charge in [-0.15, -0.1) is 0 Å². The number of methoxy groups -OCH3 is 2. The minimum absolute atomic E-state index is 0.0376. The van der Waals surface area contributed by atoms with E-state index in [4.69, 9.17) is 9.47 Å². The average molecular weight is 408 g/mol. The van der Waals surface area contributed by atoms with Gasteiger partial charge in [-0.25, -0.2) is 4.98 Å². The Morgan fingerprint density at radius 3 is 2.23 bits per heavy atom. The van der Waals surface area contributed by atoms with E-state index in [-0.39, 0.29) is 5.91 Å². The van der Waals surface area contributed by atoms with E-state index in [1.807, 2.05) is 29.9 Å². The number of ether oxygens (including phenoxy) is 2. The number of hydrogen-bond donors (Lipinski definition) is 1. The number of amides is 1. The van der Waals surface area contributed by atoms with Gasteiger partial charge in [0.15, 0.2) is 0 Å². The monoisotopic (exact) mass is 407 g/mol. The number of hydrogen-bond acceptors (Lipinski definition) is 4. The van der Waals surface area contributed by atoms with Gasteiger partial charge in [-0.3, -0.25) is 4.79 Å². The molecule has 3 rings (SSSR count). The molecule has 0 bridgehead atoms. The molecule has 1 amide bonds. The zero-order valence-electron chi connectivity index (χ0n) is 18.0. The van der Waals surface area contributed by atoms with E-state index in [1.54, 1.807) is 26.5 Å². The van der Waals surface area contributed by atoms with Crippen LogP contribution in [0.4, 0.5) is 0 Å². The highest BCUT2D eigenvalue weighted by molar-refractivity contribution is 5.77. The van der Waals surface area contributed by atoms with Crippen molar-refractivity contribution in [1.29, 1.82) is 0 Å². The minimum atomic E-state index is -0.413. The summed E-state index contributed by atoms with van der Waals surface area (Å²) in [6, 6.07) is 13.6. The number of nitrogens with one attached hydrogen (secondary N) is 1. The Labute approximate surface area is 177 Å². The lowest BCUT2D eigenvalue weighted by molar-refractivity contribution is -0.121. The number of imidazole rings is 1. The van der Waals surface area contributed by atoms with Crippen molar-refractivity contribution in [2.24, 2.45) is 7.05 Å². The Morgan fingerprint density at radius 2 is 1.70 bits per heavy atom. The number of carbonyl (C=O) groups excluding carboxylic acids is 1. The first-order valence-electron chi connectivity index (χ1n) is 10.1. The summed E-state index contributed by atoms with van der Waals surface area (Å²) < 4.78 is 12.7. The molecule has 0 radical (unpaired) electrons. The first-order valence-corrected chi connectivity index (χ1v) is 10.1. The molecule has 6 nitrogen and oxygen atoms in total. The van der Waals surface area contributed by atoms with Gasteiger partial charge >= 0.3 is 0 Å². The fraction of sp³-hybridized carbons (Fsp3) is 0.333. The van der Waals surface area contributed by atoms with Crippen LogP contribution in [0.3, 0.4) is 0 Å². The first kappa shape index (κ1) is 21.4. The second kappa shape index (κ2) is 9.96. The van der Waals surface area contributed by atoms with E-state index >= 15 is 0 Å². The van der Waals surface area contributed by atoms with Crippen LogP contribution in [-0.2, 0) is 24.7 Å². The van der Waals surface area contributed by atoms with Crippen molar-refractivity contribution < 1.29 is 14.3 Å². The summed E-state index contributed by atoms with van der Waals surface area (Å²) in [7, 11) is 5.13. The summed E-state index contributed by atoms with van der Waals surface area (Å²) in [5, 5.41) is 3.14. The fourth-order valence-electron chi connectivity index (χ4n) is 3.38. The molecule has 0 fully saturated rings. The fourth-order valence-corrected chi connectivity index (χ4v) is 3.38. The van der Waals surface area contributed by atoms with Gasteiger partial charge in [0.2, 0.25) is 5.91 Å². The van der Waals surface area contributed by atoms with Gasteiger partial charge in [-0.1, -0.05) is 31.2 Å². The van der Waals surface area contributed by atoms with Crippen LogP contribution in [0.25, 0.3) is 0 Å². The lowest BCUT2D eigenvalue weighted by Gasteiger charge is -2.20. The molecule has 0 saturated heterocycles. The second-order valence-electron chi connectivity index (χ2n) is 7.21. The van der Waals surface area contributed by atoms with E-state index in [0.717, 1.165) is 23.4 Å². The number of nitrogens with zero attached hydrogens (tertiary/aromatic N) is 2. The SMILES string of the molecule is CCc1ccc(CCC(=O)NC(c2cc(OC)cc(OC)c2)c2nccn2C)cc1. The van der Waals surface area contributed by atoms with Crippen LogP contribution in [0.15, 0.2) is 54.9 Å². The molecule has 30 heavy (non-hydrogen) atoms. The highest BCUT2D eigenvalue weighted by Gasteiger charge is 2.22. The largest absolute Gasteiger partial charge is 0.497 e. The number of aryl methyl sites for hydroxylation is 3. The molecule has 0 spiro atoms. The van der Waals surface area contributed by atoms with Gasteiger partial charge in [0, 0.05) is 31.9 Å². The maximum Gasteiger partial charge on any atom is 0.221 e. The maximum atomic E-state index is 12.8. The van der Waals surface area contributed by atoms with Crippen LogP contribution in [0.1, 0.15) is 41.9 Å². The Morgan fingerprint density at radius 1 is 1.07 bits per heavy atom. The Hall–Kier alpha value is -3.28. The number of rotatable bonds is 9. The summed E-state index contributed by atoms with van der Waals surface area (Å²) in [4.78, 5) is 17.3. The van der Waals surface area contributed by atoms with Crippen molar-refractivity contribution in [3.8, 4) is 11.5 Å². The molecule has 0 saturated carbocycles. The molecule has 1 N–H and O–H groups in total. The van der Waals surface area contributed by atoms with Crippen LogP contribution < -0.4 is 14.8 Å². The molecule has 1 unspecified atom stereocenters. The molecule has 3 aromatic rings. The molecule has 1 aromatic heterocycles. The lowest BCUT2D eigenvalue weighted by Crippen LogP contribution is -2.31. The van der Waals surface area contributed by atoms with Crippen LogP contribution in [0, 0.1) is 0 Å². The topological polar surface area (TPSA) is 65.4 Å². The summed E-state index contributed by atoms with van der Waals surface area (Å²) in [5.41, 5.74) is 3.30. The van der Waals surface area contributed by atoms with Crippen molar-refractivity contribution >= 4 is 5.91 Å². The predicted octanol–water partition coefficient (Wildman–Crippen LogP) is 3.84. The Bertz CT molecular complexity index is 957. The molecule has 1 heterocycles. The molecule has 158 valence electrons. The number of benzene rings is 2. The predicted molar refractivity (Wildman–Crippen MR) is 117 cm³/mol. The van der Waals surface area contributed by atoms with Gasteiger partial charge < -0.3 is 19.4 Å². The molecule has 0 aliphatic heterocycles. The quantitative estimate of drug-likeness (QED) is 0.585.